The van der Waals surface area contributed by atoms with Gasteiger partial charge in [0.1, 0.15) is 17.8 Å². The third kappa shape index (κ3) is 5.50. The van der Waals surface area contributed by atoms with Crippen molar-refractivity contribution < 1.29 is 9.13 Å². The molecule has 2 fully saturated rings. The molecule has 2 aliphatic heterocycles. The average molecular weight is 529 g/mol. The topological polar surface area (TPSA) is 121 Å². The smallest absolute Gasteiger partial charge is 0.184 e. The monoisotopic (exact) mass is 528 g/mol. The number of aromatic nitrogens is 5. The zero-order chi connectivity index (χ0) is 26.1. The van der Waals surface area contributed by atoms with Crippen LogP contribution in [-0.2, 0) is 4.74 Å². The molecule has 11 nitrogen and oxygen atoms in total. The maximum atomic E-state index is 15.5. The van der Waals surface area contributed by atoms with E-state index in [4.69, 9.17) is 22.1 Å². The summed E-state index contributed by atoms with van der Waals surface area (Å²) in [5.74, 6) is 0.688. The molecule has 2 aromatic heterocycles. The van der Waals surface area contributed by atoms with Gasteiger partial charge in [-0.1, -0.05) is 11.6 Å². The van der Waals surface area contributed by atoms with Gasteiger partial charge in [-0.25, -0.2) is 19.3 Å². The van der Waals surface area contributed by atoms with Crippen molar-refractivity contribution in [2.24, 2.45) is 0 Å². The van der Waals surface area contributed by atoms with Gasteiger partial charge in [0.05, 0.1) is 35.3 Å². The second-order valence-electron chi connectivity index (χ2n) is 9.49. The van der Waals surface area contributed by atoms with Crippen molar-refractivity contribution in [3.63, 3.8) is 0 Å². The van der Waals surface area contributed by atoms with E-state index >= 15 is 4.39 Å². The highest BCUT2D eigenvalue weighted by Gasteiger charge is 2.25. The van der Waals surface area contributed by atoms with Crippen LogP contribution in [0.4, 0.5) is 33.1 Å². The van der Waals surface area contributed by atoms with Gasteiger partial charge in [0.25, 0.3) is 0 Å². The Hall–Kier alpha value is -3.35. The summed E-state index contributed by atoms with van der Waals surface area (Å²) in [6, 6.07) is 3.15. The second-order valence-corrected chi connectivity index (χ2v) is 9.85. The van der Waals surface area contributed by atoms with Crippen LogP contribution in [0.5, 0.6) is 0 Å². The Bertz CT molecular complexity index is 1250. The third-order valence-electron chi connectivity index (χ3n) is 6.55. The van der Waals surface area contributed by atoms with Crippen LogP contribution in [0.25, 0.3) is 11.4 Å². The summed E-state index contributed by atoms with van der Waals surface area (Å²) in [7, 11) is 2.07. The molecule has 0 aliphatic carbocycles. The Morgan fingerprint density at radius 3 is 2.43 bits per heavy atom. The minimum absolute atomic E-state index is 0.0705. The molecule has 0 saturated carbocycles. The molecule has 13 heteroatoms. The predicted molar refractivity (Wildman–Crippen MR) is 142 cm³/mol. The fraction of sp³-hybridized carbons (Fsp3) is 0.458. The maximum Gasteiger partial charge on any atom is 0.184 e. The number of nitrogen functional groups attached to an aromatic ring is 1. The standard InChI is InChI=1S/C24H30ClFN10O/c1-14-11-36(12-15(2)37-14)20-10-28-23(33-32-20)16-8-18(31-24-21(27)22(25)29-13-30-24)19(9-17(16)26)35-6-4-34(3)5-7-35/h8-10,13-15H,4-7,11-12,27H2,1-3H3,(H,29,30,31)/t14-,15+. The molecule has 5 rings (SSSR count). The van der Waals surface area contributed by atoms with Gasteiger partial charge in [-0.05, 0) is 27.0 Å². The van der Waals surface area contributed by atoms with Gasteiger partial charge in [0.15, 0.2) is 22.6 Å². The number of nitrogens with zero attached hydrogens (tertiary/aromatic N) is 8. The third-order valence-corrected chi connectivity index (χ3v) is 6.85. The van der Waals surface area contributed by atoms with Gasteiger partial charge in [-0.3, -0.25) is 0 Å². The summed E-state index contributed by atoms with van der Waals surface area (Å²) in [5.41, 5.74) is 7.80. The van der Waals surface area contributed by atoms with Crippen LogP contribution in [0.1, 0.15) is 13.8 Å². The zero-order valence-electron chi connectivity index (χ0n) is 21.0. The van der Waals surface area contributed by atoms with Crippen LogP contribution < -0.4 is 20.9 Å². The lowest BCUT2D eigenvalue weighted by molar-refractivity contribution is -0.00552. The molecule has 196 valence electrons. The van der Waals surface area contributed by atoms with E-state index in [1.807, 2.05) is 13.8 Å². The number of nitrogens with one attached hydrogen (secondary N) is 1. The van der Waals surface area contributed by atoms with E-state index in [1.54, 1.807) is 12.3 Å². The number of morpholine rings is 1. The molecule has 2 aliphatic rings. The first-order valence-electron chi connectivity index (χ1n) is 12.2. The van der Waals surface area contributed by atoms with Crippen LogP contribution in [0.2, 0.25) is 5.15 Å². The van der Waals surface area contributed by atoms with E-state index in [-0.39, 0.29) is 34.4 Å². The number of ether oxygens (including phenoxy) is 1. The van der Waals surface area contributed by atoms with Gasteiger partial charge >= 0.3 is 0 Å². The number of hydrogen-bond acceptors (Lipinski definition) is 11. The van der Waals surface area contributed by atoms with Crippen molar-refractivity contribution in [1.29, 1.82) is 0 Å². The van der Waals surface area contributed by atoms with Gasteiger partial charge < -0.3 is 30.5 Å². The Morgan fingerprint density at radius 2 is 1.76 bits per heavy atom. The highest BCUT2D eigenvalue weighted by atomic mass is 35.5. The first-order valence-corrected chi connectivity index (χ1v) is 12.6. The van der Waals surface area contributed by atoms with E-state index in [2.05, 4.69) is 52.2 Å². The summed E-state index contributed by atoms with van der Waals surface area (Å²) >= 11 is 6.10. The first kappa shape index (κ1) is 25.3. The van der Waals surface area contributed by atoms with Gasteiger partial charge in [0, 0.05) is 45.3 Å². The minimum Gasteiger partial charge on any atom is -0.393 e. The molecule has 3 N–H and O–H groups in total. The van der Waals surface area contributed by atoms with Crippen LogP contribution in [0, 0.1) is 5.82 Å². The first-order chi connectivity index (χ1) is 17.8. The summed E-state index contributed by atoms with van der Waals surface area (Å²) in [6.45, 7) is 8.61. The fourth-order valence-electron chi connectivity index (χ4n) is 4.65. The summed E-state index contributed by atoms with van der Waals surface area (Å²) in [5, 5.41) is 12.0. The van der Waals surface area contributed by atoms with E-state index in [0.29, 0.717) is 36.1 Å². The number of piperazine rings is 1. The molecule has 0 radical (unpaired) electrons. The molecule has 0 unspecified atom stereocenters. The second kappa shape index (κ2) is 10.6. The predicted octanol–water partition coefficient (Wildman–Crippen LogP) is 2.81. The highest BCUT2D eigenvalue weighted by molar-refractivity contribution is 6.32. The Morgan fingerprint density at radius 1 is 1.03 bits per heavy atom. The molecule has 4 heterocycles. The number of likely N-dealkylation sites (N-methyl/N-ethyl adjacent to an activating group) is 1. The van der Waals surface area contributed by atoms with Gasteiger partial charge in [-0.2, -0.15) is 0 Å². The summed E-state index contributed by atoms with van der Waals surface area (Å²) in [4.78, 5) is 19.0. The van der Waals surface area contributed by atoms with Crippen LogP contribution >= 0.6 is 11.6 Å². The number of hydrogen-bond donors (Lipinski definition) is 2. The molecular weight excluding hydrogens is 499 g/mol. The van der Waals surface area contributed by atoms with Crippen molar-refractivity contribution in [2.75, 3.05) is 67.2 Å². The summed E-state index contributed by atoms with van der Waals surface area (Å²) in [6.07, 6.45) is 3.08. The molecule has 2 saturated heterocycles. The molecule has 1 aromatic carbocycles. The number of benzene rings is 1. The molecule has 3 aromatic rings. The fourth-order valence-corrected chi connectivity index (χ4v) is 4.78. The quantitative estimate of drug-likeness (QED) is 0.475. The van der Waals surface area contributed by atoms with E-state index in [0.717, 1.165) is 26.2 Å². The SMILES string of the molecule is C[C@@H]1CN(c2cnc(-c3cc(Nc4ncnc(Cl)c4N)c(N4CCN(C)CC4)cc3F)nn2)C[C@H](C)O1. The van der Waals surface area contributed by atoms with Gasteiger partial charge in [-0.15, -0.1) is 10.2 Å². The van der Waals surface area contributed by atoms with Crippen molar-refractivity contribution >= 4 is 40.3 Å². The zero-order valence-corrected chi connectivity index (χ0v) is 21.8. The Kier molecular flexibility index (Phi) is 7.22. The van der Waals surface area contributed by atoms with Gasteiger partial charge in [0.2, 0.25) is 0 Å². The van der Waals surface area contributed by atoms with Crippen LogP contribution in [0.15, 0.2) is 24.7 Å². The van der Waals surface area contributed by atoms with Crippen molar-refractivity contribution in [3.8, 4) is 11.4 Å². The maximum absolute atomic E-state index is 15.5. The lowest BCUT2D eigenvalue weighted by atomic mass is 10.1. The van der Waals surface area contributed by atoms with Crippen LogP contribution in [0.3, 0.4) is 0 Å². The molecule has 0 bridgehead atoms. The number of anilines is 5. The van der Waals surface area contributed by atoms with Crippen molar-refractivity contribution in [3.05, 3.63) is 35.6 Å². The number of nitrogens with two attached hydrogens (primary N) is 1. The lowest BCUT2D eigenvalue weighted by Gasteiger charge is -2.35. The molecule has 0 amide bonds. The van der Waals surface area contributed by atoms with E-state index in [1.165, 1.54) is 12.4 Å². The highest BCUT2D eigenvalue weighted by Crippen LogP contribution is 2.36. The number of rotatable bonds is 5. The van der Waals surface area contributed by atoms with E-state index < -0.39 is 5.82 Å². The number of halogens is 2. The Balaban J connectivity index is 1.49. The van der Waals surface area contributed by atoms with E-state index in [9.17, 15) is 0 Å². The van der Waals surface area contributed by atoms with Crippen molar-refractivity contribution in [2.45, 2.75) is 26.1 Å². The Labute approximate surface area is 219 Å². The molecule has 0 spiro atoms. The molecule has 37 heavy (non-hydrogen) atoms. The van der Waals surface area contributed by atoms with Crippen LogP contribution in [-0.4, -0.2) is 88.6 Å². The molecule has 2 atom stereocenters. The van der Waals surface area contributed by atoms with Crippen molar-refractivity contribution in [1.82, 2.24) is 30.0 Å². The summed E-state index contributed by atoms with van der Waals surface area (Å²) < 4.78 is 21.3. The lowest BCUT2D eigenvalue weighted by Crippen LogP contribution is -2.46. The average Bonchev–Trinajstić information content (AvgIpc) is 2.87. The normalized spacial score (nSPS) is 20.8. The minimum atomic E-state index is -0.448. The largest absolute Gasteiger partial charge is 0.393 e. The molecular formula is C24H30ClFN10O.